The third kappa shape index (κ3) is 5.32. The highest BCUT2D eigenvalue weighted by Crippen LogP contribution is 2.14. The molecule has 9 heteroatoms. The number of allylic oxidation sites excluding steroid dienone is 1. The number of aromatic nitrogens is 2. The van der Waals surface area contributed by atoms with Gasteiger partial charge in [-0.15, -0.1) is 6.58 Å². The molecule has 0 aliphatic rings. The van der Waals surface area contributed by atoms with E-state index in [1.807, 2.05) is 0 Å². The van der Waals surface area contributed by atoms with Gasteiger partial charge in [-0.2, -0.15) is 5.10 Å². The average Bonchev–Trinajstić information content (AvgIpc) is 2.36. The lowest BCUT2D eigenvalue weighted by atomic mass is 10.4. The summed E-state index contributed by atoms with van der Waals surface area (Å²) in [6, 6.07) is 0. The van der Waals surface area contributed by atoms with Gasteiger partial charge in [0.2, 0.25) is 10.0 Å². The molecule has 0 spiro atoms. The first-order valence-electron chi connectivity index (χ1n) is 5.90. The van der Waals surface area contributed by atoms with E-state index in [0.29, 0.717) is 25.2 Å². The second-order valence-corrected chi connectivity index (χ2v) is 6.31. The van der Waals surface area contributed by atoms with Crippen LogP contribution in [-0.4, -0.2) is 37.5 Å². The summed E-state index contributed by atoms with van der Waals surface area (Å²) in [7, 11) is -3.17. The highest BCUT2D eigenvalue weighted by molar-refractivity contribution is 7.88. The molecule has 0 aliphatic carbocycles. The van der Waals surface area contributed by atoms with Gasteiger partial charge in [-0.05, 0) is 6.42 Å². The fourth-order valence-corrected chi connectivity index (χ4v) is 2.14. The first-order valence-corrected chi connectivity index (χ1v) is 8.17. The van der Waals surface area contributed by atoms with Crippen LogP contribution in [0.4, 0.5) is 5.69 Å². The molecule has 0 saturated heterocycles. The zero-order valence-electron chi connectivity index (χ0n) is 11.1. The molecule has 1 rings (SSSR count). The van der Waals surface area contributed by atoms with Gasteiger partial charge in [0, 0.05) is 13.1 Å². The number of rotatable bonds is 8. The van der Waals surface area contributed by atoms with E-state index in [1.165, 1.54) is 10.9 Å². The van der Waals surface area contributed by atoms with Crippen molar-refractivity contribution in [2.45, 2.75) is 13.0 Å². The Hall–Kier alpha value is -1.38. The van der Waals surface area contributed by atoms with E-state index in [9.17, 15) is 13.2 Å². The normalized spacial score (nSPS) is 11.3. The van der Waals surface area contributed by atoms with Crippen LogP contribution in [0, 0.1) is 0 Å². The first kappa shape index (κ1) is 16.7. The molecule has 0 aliphatic heterocycles. The second kappa shape index (κ2) is 7.41. The lowest BCUT2D eigenvalue weighted by Gasteiger charge is -2.09. The molecular weight excluding hydrogens is 304 g/mol. The van der Waals surface area contributed by atoms with Gasteiger partial charge in [0.1, 0.15) is 5.02 Å². The fourth-order valence-electron chi connectivity index (χ4n) is 1.41. The summed E-state index contributed by atoms with van der Waals surface area (Å²) in [5.41, 5.74) is 0.0298. The second-order valence-electron chi connectivity index (χ2n) is 4.09. The summed E-state index contributed by atoms with van der Waals surface area (Å²) in [5.74, 6) is 0. The van der Waals surface area contributed by atoms with Gasteiger partial charge >= 0.3 is 0 Å². The Labute approximate surface area is 122 Å². The molecule has 112 valence electrons. The smallest absolute Gasteiger partial charge is 0.287 e. The standard InChI is InChI=1S/C11H17ClN4O3S/c1-3-7-16-11(17)10(12)9(8-14-16)13-5-4-6-15-20(2,18)19/h3,8,13,15H,1,4-7H2,2H3. The predicted molar refractivity (Wildman–Crippen MR) is 79.7 cm³/mol. The third-order valence-electron chi connectivity index (χ3n) is 2.32. The number of hydrogen-bond acceptors (Lipinski definition) is 5. The van der Waals surface area contributed by atoms with Crippen molar-refractivity contribution in [3.63, 3.8) is 0 Å². The maximum Gasteiger partial charge on any atom is 0.287 e. The molecule has 1 aromatic rings. The van der Waals surface area contributed by atoms with Crippen molar-refractivity contribution >= 4 is 27.3 Å². The molecular formula is C11H17ClN4O3S. The van der Waals surface area contributed by atoms with Crippen molar-refractivity contribution in [1.82, 2.24) is 14.5 Å². The molecule has 0 atom stereocenters. The Morgan fingerprint density at radius 2 is 2.20 bits per heavy atom. The summed E-state index contributed by atoms with van der Waals surface area (Å²) >= 11 is 5.94. The minimum Gasteiger partial charge on any atom is -0.382 e. The van der Waals surface area contributed by atoms with Crippen LogP contribution in [0.3, 0.4) is 0 Å². The summed E-state index contributed by atoms with van der Waals surface area (Å²) in [4.78, 5) is 11.8. The SMILES string of the molecule is C=CCn1ncc(NCCCNS(C)(=O)=O)c(Cl)c1=O. The molecule has 20 heavy (non-hydrogen) atoms. The zero-order chi connectivity index (χ0) is 15.2. The van der Waals surface area contributed by atoms with Crippen LogP contribution in [0.5, 0.6) is 0 Å². The third-order valence-corrected chi connectivity index (χ3v) is 3.41. The lowest BCUT2D eigenvalue weighted by molar-refractivity contribution is 0.586. The Morgan fingerprint density at radius 3 is 2.80 bits per heavy atom. The summed E-state index contributed by atoms with van der Waals surface area (Å²) in [5, 5.41) is 6.94. The van der Waals surface area contributed by atoms with Crippen molar-refractivity contribution < 1.29 is 8.42 Å². The molecule has 0 aromatic carbocycles. The predicted octanol–water partition coefficient (Wildman–Crippen LogP) is 0.434. The molecule has 2 N–H and O–H groups in total. The summed E-state index contributed by atoms with van der Waals surface area (Å²) in [6.45, 7) is 4.59. The van der Waals surface area contributed by atoms with Crippen molar-refractivity contribution in [2.24, 2.45) is 0 Å². The minimum absolute atomic E-state index is 0.0536. The Balaban J connectivity index is 2.55. The van der Waals surface area contributed by atoms with Gasteiger partial charge in [0.15, 0.2) is 0 Å². The van der Waals surface area contributed by atoms with E-state index in [1.54, 1.807) is 6.08 Å². The first-order chi connectivity index (χ1) is 9.35. The summed E-state index contributed by atoms with van der Waals surface area (Å²) < 4.78 is 25.3. The van der Waals surface area contributed by atoms with Crippen LogP contribution >= 0.6 is 11.6 Å². The maximum absolute atomic E-state index is 11.8. The van der Waals surface area contributed by atoms with Crippen LogP contribution in [-0.2, 0) is 16.6 Å². The highest BCUT2D eigenvalue weighted by atomic mass is 35.5. The molecule has 0 bridgehead atoms. The molecule has 0 amide bonds. The van der Waals surface area contributed by atoms with E-state index in [2.05, 4.69) is 21.7 Å². The molecule has 0 unspecified atom stereocenters. The number of hydrogen-bond donors (Lipinski definition) is 2. The van der Waals surface area contributed by atoms with Gasteiger partial charge in [-0.3, -0.25) is 4.79 Å². The quantitative estimate of drug-likeness (QED) is 0.535. The molecule has 1 heterocycles. The van der Waals surface area contributed by atoms with Crippen LogP contribution in [0.2, 0.25) is 5.02 Å². The van der Waals surface area contributed by atoms with E-state index in [4.69, 9.17) is 11.6 Å². The molecule has 0 saturated carbocycles. The van der Waals surface area contributed by atoms with Crippen LogP contribution in [0.15, 0.2) is 23.6 Å². The number of nitrogens with one attached hydrogen (secondary N) is 2. The van der Waals surface area contributed by atoms with Gasteiger partial charge < -0.3 is 5.32 Å². The molecule has 0 radical (unpaired) electrons. The van der Waals surface area contributed by atoms with Crippen LogP contribution in [0.1, 0.15) is 6.42 Å². The van der Waals surface area contributed by atoms with Gasteiger partial charge in [0.25, 0.3) is 5.56 Å². The lowest BCUT2D eigenvalue weighted by Crippen LogP contribution is -2.26. The zero-order valence-corrected chi connectivity index (χ0v) is 12.7. The highest BCUT2D eigenvalue weighted by Gasteiger charge is 2.08. The monoisotopic (exact) mass is 320 g/mol. The van der Waals surface area contributed by atoms with Crippen molar-refractivity contribution in [2.75, 3.05) is 24.7 Å². The number of nitrogens with zero attached hydrogens (tertiary/aromatic N) is 2. The van der Waals surface area contributed by atoms with Crippen molar-refractivity contribution in [3.8, 4) is 0 Å². The van der Waals surface area contributed by atoms with E-state index in [-0.39, 0.29) is 11.6 Å². The Kier molecular flexibility index (Phi) is 6.18. The summed E-state index contributed by atoms with van der Waals surface area (Å²) in [6.07, 6.45) is 4.66. The minimum atomic E-state index is -3.17. The van der Waals surface area contributed by atoms with E-state index in [0.717, 1.165) is 6.26 Å². The van der Waals surface area contributed by atoms with Gasteiger partial charge in [0.05, 0.1) is 24.7 Å². The Morgan fingerprint density at radius 1 is 1.50 bits per heavy atom. The fraction of sp³-hybridized carbons (Fsp3) is 0.455. The van der Waals surface area contributed by atoms with Gasteiger partial charge in [-0.1, -0.05) is 17.7 Å². The van der Waals surface area contributed by atoms with Crippen LogP contribution in [0.25, 0.3) is 0 Å². The molecule has 0 fully saturated rings. The van der Waals surface area contributed by atoms with Crippen molar-refractivity contribution in [1.29, 1.82) is 0 Å². The molecule has 7 nitrogen and oxygen atoms in total. The topological polar surface area (TPSA) is 93.1 Å². The maximum atomic E-state index is 11.8. The van der Waals surface area contributed by atoms with E-state index >= 15 is 0 Å². The average molecular weight is 321 g/mol. The number of halogens is 1. The van der Waals surface area contributed by atoms with Crippen molar-refractivity contribution in [3.05, 3.63) is 34.2 Å². The van der Waals surface area contributed by atoms with E-state index < -0.39 is 15.6 Å². The van der Waals surface area contributed by atoms with Crippen LogP contribution < -0.4 is 15.6 Å². The number of sulfonamides is 1. The van der Waals surface area contributed by atoms with Gasteiger partial charge in [-0.25, -0.2) is 17.8 Å². The number of anilines is 1. The Bertz CT molecular complexity index is 627. The largest absolute Gasteiger partial charge is 0.382 e. The molecule has 1 aromatic heterocycles.